The number of carbonyl (C=O) groups is 3. The van der Waals surface area contributed by atoms with Gasteiger partial charge in [-0.15, -0.1) is 0 Å². The normalized spacial score (nSPS) is 34.8. The molecule has 1 aromatic rings. The molecule has 4 aliphatic rings. The molecular formula is C27H32N2O6. The van der Waals surface area contributed by atoms with Crippen molar-refractivity contribution in [3.8, 4) is 0 Å². The van der Waals surface area contributed by atoms with Gasteiger partial charge in [0.15, 0.2) is 0 Å². The Bertz CT molecular complexity index is 1120. The lowest BCUT2D eigenvalue weighted by Gasteiger charge is -2.40. The minimum Gasteiger partial charge on any atom is -0.461 e. The van der Waals surface area contributed by atoms with Crippen molar-refractivity contribution in [2.75, 3.05) is 24.7 Å². The van der Waals surface area contributed by atoms with Crippen LogP contribution >= 0.6 is 0 Å². The zero-order valence-corrected chi connectivity index (χ0v) is 20.6. The van der Waals surface area contributed by atoms with E-state index in [0.29, 0.717) is 13.0 Å². The number of cyclic esters (lactones) is 1. The van der Waals surface area contributed by atoms with Crippen LogP contribution in [0.25, 0.3) is 0 Å². The van der Waals surface area contributed by atoms with E-state index < -0.39 is 41.1 Å². The largest absolute Gasteiger partial charge is 0.461 e. The van der Waals surface area contributed by atoms with E-state index in [9.17, 15) is 19.5 Å². The molecule has 0 bridgehead atoms. The fraction of sp³-hybridized carbons (Fsp3) is 0.519. The number of nitrogens with zero attached hydrogens (tertiary/aromatic N) is 2. The van der Waals surface area contributed by atoms with Crippen molar-refractivity contribution in [3.63, 3.8) is 0 Å². The predicted octanol–water partition coefficient (Wildman–Crippen LogP) is 2.06. The maximum atomic E-state index is 14.4. The topological polar surface area (TPSA) is 96.4 Å². The second-order valence-corrected chi connectivity index (χ2v) is 10.0. The SMILES string of the molecule is CC[C@]12C=CCOC(=O)[C@H]1[C@H]1C(=O)N([C@H](C)CO)C3C(=O)N(c4c(C)cccc4C)CC=C[C@@]31O2. The van der Waals surface area contributed by atoms with Crippen LogP contribution < -0.4 is 4.90 Å². The molecule has 6 atom stereocenters. The van der Waals surface area contributed by atoms with Crippen molar-refractivity contribution < 1.29 is 29.0 Å². The summed E-state index contributed by atoms with van der Waals surface area (Å²) in [6, 6.07) is 4.18. The predicted molar refractivity (Wildman–Crippen MR) is 129 cm³/mol. The smallest absolute Gasteiger partial charge is 0.313 e. The molecule has 5 rings (SSSR count). The van der Waals surface area contributed by atoms with Gasteiger partial charge in [-0.2, -0.15) is 0 Å². The van der Waals surface area contributed by atoms with Crippen molar-refractivity contribution in [3.05, 3.63) is 53.6 Å². The van der Waals surface area contributed by atoms with E-state index in [4.69, 9.17) is 9.47 Å². The number of para-hydroxylation sites is 1. The maximum Gasteiger partial charge on any atom is 0.313 e. The number of hydrogen-bond donors (Lipinski definition) is 1. The molecule has 8 nitrogen and oxygen atoms in total. The van der Waals surface area contributed by atoms with Crippen molar-refractivity contribution in [2.45, 2.75) is 57.4 Å². The van der Waals surface area contributed by atoms with E-state index in [1.165, 1.54) is 4.90 Å². The van der Waals surface area contributed by atoms with Crippen LogP contribution in [-0.4, -0.2) is 70.8 Å². The lowest BCUT2D eigenvalue weighted by atomic mass is 9.73. The van der Waals surface area contributed by atoms with Crippen molar-refractivity contribution >= 4 is 23.5 Å². The zero-order valence-electron chi connectivity index (χ0n) is 20.6. The molecule has 1 unspecified atom stereocenters. The number of rotatable bonds is 4. The van der Waals surface area contributed by atoms with Gasteiger partial charge >= 0.3 is 5.97 Å². The Morgan fingerprint density at radius 3 is 2.46 bits per heavy atom. The summed E-state index contributed by atoms with van der Waals surface area (Å²) in [7, 11) is 0. The van der Waals surface area contributed by atoms with Crippen molar-refractivity contribution in [1.29, 1.82) is 0 Å². The van der Waals surface area contributed by atoms with Crippen LogP contribution in [0.15, 0.2) is 42.5 Å². The molecule has 1 N–H and O–H groups in total. The molecule has 0 aliphatic carbocycles. The molecule has 4 aliphatic heterocycles. The Labute approximate surface area is 205 Å². The summed E-state index contributed by atoms with van der Waals surface area (Å²) in [4.78, 5) is 44.8. The number of aryl methyl sites for hydroxylation is 2. The van der Waals surface area contributed by atoms with Crippen LogP contribution in [0.2, 0.25) is 0 Å². The fourth-order valence-electron chi connectivity index (χ4n) is 6.53. The Morgan fingerprint density at radius 1 is 1.09 bits per heavy atom. The lowest BCUT2D eigenvalue weighted by molar-refractivity contribution is -0.158. The van der Waals surface area contributed by atoms with Gasteiger partial charge in [0.2, 0.25) is 5.91 Å². The standard InChI is InChI=1S/C27H32N2O6/c1-5-26-11-8-14-34-25(33)20(26)19-23(31)29(18(4)15-30)22-24(32)28(13-7-12-27(19,22)35-26)21-16(2)9-6-10-17(21)3/h6-12,18-20,22,30H,5,13-15H2,1-4H3/t18-,19+,20-,22?,26+,27+/m1/s1. The number of ether oxygens (including phenoxy) is 2. The second-order valence-electron chi connectivity index (χ2n) is 10.0. The van der Waals surface area contributed by atoms with Crippen LogP contribution in [0.3, 0.4) is 0 Å². The number of aliphatic hydroxyl groups is 1. The highest BCUT2D eigenvalue weighted by molar-refractivity contribution is 6.06. The summed E-state index contributed by atoms with van der Waals surface area (Å²) < 4.78 is 12.2. The van der Waals surface area contributed by atoms with Gasteiger partial charge in [-0.1, -0.05) is 43.4 Å². The Morgan fingerprint density at radius 2 is 1.80 bits per heavy atom. The molecule has 0 radical (unpaired) electrons. The van der Waals surface area contributed by atoms with E-state index in [0.717, 1.165) is 16.8 Å². The van der Waals surface area contributed by atoms with E-state index in [2.05, 4.69) is 0 Å². The summed E-state index contributed by atoms with van der Waals surface area (Å²) in [5, 5.41) is 10.0. The summed E-state index contributed by atoms with van der Waals surface area (Å²) in [5.41, 5.74) is 0.269. The summed E-state index contributed by atoms with van der Waals surface area (Å²) in [5.74, 6) is -2.98. The highest BCUT2D eigenvalue weighted by Crippen LogP contribution is 2.58. The average molecular weight is 481 g/mol. The molecule has 2 fully saturated rings. The minimum absolute atomic E-state index is 0.115. The molecule has 186 valence electrons. The first-order chi connectivity index (χ1) is 16.7. The average Bonchev–Trinajstić information content (AvgIpc) is 3.12. The summed E-state index contributed by atoms with van der Waals surface area (Å²) in [6.45, 7) is 7.62. The summed E-state index contributed by atoms with van der Waals surface area (Å²) in [6.07, 6.45) is 7.69. The molecule has 2 amide bonds. The van der Waals surface area contributed by atoms with Crippen LogP contribution in [0.4, 0.5) is 5.69 Å². The molecular weight excluding hydrogens is 448 g/mol. The highest BCUT2D eigenvalue weighted by Gasteiger charge is 2.75. The molecule has 2 saturated heterocycles. The molecule has 1 aromatic carbocycles. The third kappa shape index (κ3) is 3.16. The van der Waals surface area contributed by atoms with Crippen molar-refractivity contribution in [1.82, 2.24) is 4.90 Å². The third-order valence-electron chi connectivity index (χ3n) is 8.08. The van der Waals surface area contributed by atoms with Gasteiger partial charge in [0.05, 0.1) is 18.6 Å². The summed E-state index contributed by atoms with van der Waals surface area (Å²) >= 11 is 0. The molecule has 0 saturated carbocycles. The zero-order chi connectivity index (χ0) is 25.1. The second kappa shape index (κ2) is 8.31. The highest BCUT2D eigenvalue weighted by atomic mass is 16.6. The van der Waals surface area contributed by atoms with E-state index in [1.807, 2.05) is 57.2 Å². The Kier molecular flexibility index (Phi) is 5.64. The van der Waals surface area contributed by atoms with Crippen LogP contribution in [0.5, 0.6) is 0 Å². The number of benzene rings is 1. The molecule has 8 heteroatoms. The number of anilines is 1. The third-order valence-corrected chi connectivity index (χ3v) is 8.08. The number of aliphatic hydroxyl groups excluding tert-OH is 1. The fourth-order valence-corrected chi connectivity index (χ4v) is 6.53. The van der Waals surface area contributed by atoms with Gasteiger partial charge in [0, 0.05) is 12.2 Å². The van der Waals surface area contributed by atoms with Gasteiger partial charge in [-0.25, -0.2) is 0 Å². The lowest BCUT2D eigenvalue weighted by Crippen LogP contribution is -2.58. The first-order valence-electron chi connectivity index (χ1n) is 12.2. The number of esters is 1. The van der Waals surface area contributed by atoms with Crippen LogP contribution in [0.1, 0.15) is 31.4 Å². The first-order valence-corrected chi connectivity index (χ1v) is 12.2. The quantitative estimate of drug-likeness (QED) is 0.524. The van der Waals surface area contributed by atoms with Gasteiger partial charge < -0.3 is 24.4 Å². The minimum atomic E-state index is -1.36. The Balaban J connectivity index is 1.71. The molecule has 1 spiro atoms. The number of carbonyl (C=O) groups excluding carboxylic acids is 3. The van der Waals surface area contributed by atoms with Gasteiger partial charge in [-0.3, -0.25) is 14.4 Å². The molecule has 35 heavy (non-hydrogen) atoms. The molecule has 4 heterocycles. The van der Waals surface area contributed by atoms with Crippen LogP contribution in [-0.2, 0) is 23.9 Å². The first kappa shape index (κ1) is 23.8. The monoisotopic (exact) mass is 480 g/mol. The number of fused-ring (bicyclic) bond motifs is 2. The number of amides is 2. The number of likely N-dealkylation sites (tertiary alicyclic amines) is 1. The molecule has 0 aromatic heterocycles. The van der Waals surface area contributed by atoms with Crippen LogP contribution in [0, 0.1) is 25.7 Å². The van der Waals surface area contributed by atoms with Gasteiger partial charge in [0.1, 0.15) is 29.8 Å². The van der Waals surface area contributed by atoms with E-state index in [-0.39, 0.29) is 25.0 Å². The van der Waals surface area contributed by atoms with E-state index >= 15 is 0 Å². The van der Waals surface area contributed by atoms with E-state index in [1.54, 1.807) is 17.9 Å². The van der Waals surface area contributed by atoms with Gasteiger partial charge in [0.25, 0.3) is 5.91 Å². The Hall–Kier alpha value is -2.97. The maximum absolute atomic E-state index is 14.4. The number of hydrogen-bond acceptors (Lipinski definition) is 6. The van der Waals surface area contributed by atoms with Crippen molar-refractivity contribution in [2.24, 2.45) is 11.8 Å². The van der Waals surface area contributed by atoms with Gasteiger partial charge in [-0.05, 0) is 44.4 Å².